The van der Waals surface area contributed by atoms with E-state index in [0.717, 1.165) is 12.0 Å². The number of halogens is 1. The van der Waals surface area contributed by atoms with Crippen LogP contribution in [0.1, 0.15) is 39.2 Å². The maximum Gasteiger partial charge on any atom is 0.410 e. The molecule has 7 nitrogen and oxygen atoms in total. The predicted octanol–water partition coefficient (Wildman–Crippen LogP) is 3.89. The van der Waals surface area contributed by atoms with Crippen LogP contribution in [-0.4, -0.2) is 39.7 Å². The molecule has 2 heterocycles. The Morgan fingerprint density at radius 3 is 2.63 bits per heavy atom. The van der Waals surface area contributed by atoms with Crippen LogP contribution in [0.15, 0.2) is 47.4 Å². The summed E-state index contributed by atoms with van der Waals surface area (Å²) in [5, 5.41) is 3.39. The molecule has 0 aliphatic carbocycles. The first-order chi connectivity index (χ1) is 14.1. The Hall–Kier alpha value is -2.80. The van der Waals surface area contributed by atoms with Crippen LogP contribution < -0.4 is 10.9 Å². The van der Waals surface area contributed by atoms with Crippen molar-refractivity contribution in [3.63, 3.8) is 0 Å². The Kier molecular flexibility index (Phi) is 6.51. The maximum absolute atomic E-state index is 12.8. The number of pyridine rings is 1. The van der Waals surface area contributed by atoms with Crippen molar-refractivity contribution >= 4 is 29.3 Å². The number of ether oxygens (including phenoxy) is 1. The van der Waals surface area contributed by atoms with Crippen LogP contribution in [0, 0.1) is 0 Å². The number of hydrogen-bond donors (Lipinski definition) is 1. The van der Waals surface area contributed by atoms with Gasteiger partial charge in [0, 0.05) is 23.8 Å². The number of nitrogens with zero attached hydrogens (tertiary/aromatic N) is 2. The van der Waals surface area contributed by atoms with E-state index in [0.29, 0.717) is 23.7 Å². The van der Waals surface area contributed by atoms with Gasteiger partial charge in [-0.3, -0.25) is 14.5 Å². The quantitative estimate of drug-likeness (QED) is 0.796. The van der Waals surface area contributed by atoms with Gasteiger partial charge in [-0.1, -0.05) is 29.8 Å². The van der Waals surface area contributed by atoms with Crippen molar-refractivity contribution in [2.45, 2.75) is 51.8 Å². The van der Waals surface area contributed by atoms with Crippen LogP contribution in [0.25, 0.3) is 0 Å². The summed E-state index contributed by atoms with van der Waals surface area (Å²) < 4.78 is 6.90. The van der Waals surface area contributed by atoms with Gasteiger partial charge < -0.3 is 14.6 Å². The smallest absolute Gasteiger partial charge is 0.410 e. The molecule has 1 aromatic heterocycles. The number of likely N-dealkylation sites (tertiary alicyclic amines) is 1. The predicted molar refractivity (Wildman–Crippen MR) is 116 cm³/mol. The van der Waals surface area contributed by atoms with Gasteiger partial charge in [-0.05, 0) is 51.3 Å². The van der Waals surface area contributed by atoms with E-state index in [2.05, 4.69) is 5.32 Å². The molecule has 1 aliphatic rings. The van der Waals surface area contributed by atoms with Gasteiger partial charge in [0.1, 0.15) is 11.6 Å². The SMILES string of the molecule is CC(C)(C)OC(=O)N1CCCC1C(=O)Nc1ccc(=O)n(Cc2ccccc2Cl)c1. The van der Waals surface area contributed by atoms with Gasteiger partial charge in [-0.25, -0.2) is 4.79 Å². The third-order valence-corrected chi connectivity index (χ3v) is 5.10. The highest BCUT2D eigenvalue weighted by Gasteiger charge is 2.36. The zero-order chi connectivity index (χ0) is 21.9. The molecule has 0 spiro atoms. The summed E-state index contributed by atoms with van der Waals surface area (Å²) >= 11 is 6.19. The number of nitrogens with one attached hydrogen (secondary N) is 1. The fourth-order valence-electron chi connectivity index (χ4n) is 3.34. The number of hydrogen-bond acceptors (Lipinski definition) is 4. The van der Waals surface area contributed by atoms with Gasteiger partial charge in [-0.15, -0.1) is 0 Å². The highest BCUT2D eigenvalue weighted by atomic mass is 35.5. The molecule has 8 heteroatoms. The van der Waals surface area contributed by atoms with E-state index >= 15 is 0 Å². The molecule has 2 amide bonds. The average molecular weight is 432 g/mol. The van der Waals surface area contributed by atoms with Crippen molar-refractivity contribution in [3.8, 4) is 0 Å². The zero-order valence-electron chi connectivity index (χ0n) is 17.4. The Labute approximate surface area is 180 Å². The van der Waals surface area contributed by atoms with E-state index in [-0.39, 0.29) is 18.0 Å². The van der Waals surface area contributed by atoms with Crippen molar-refractivity contribution in [2.24, 2.45) is 0 Å². The van der Waals surface area contributed by atoms with Gasteiger partial charge >= 0.3 is 6.09 Å². The molecule has 160 valence electrons. The monoisotopic (exact) mass is 431 g/mol. The summed E-state index contributed by atoms with van der Waals surface area (Å²) in [6.45, 7) is 6.13. The minimum absolute atomic E-state index is 0.204. The average Bonchev–Trinajstić information content (AvgIpc) is 3.15. The molecule has 3 rings (SSSR count). The first-order valence-corrected chi connectivity index (χ1v) is 10.3. The largest absolute Gasteiger partial charge is 0.444 e. The number of aromatic nitrogens is 1. The topological polar surface area (TPSA) is 80.6 Å². The van der Waals surface area contributed by atoms with E-state index in [9.17, 15) is 14.4 Å². The van der Waals surface area contributed by atoms with E-state index in [1.54, 1.807) is 39.1 Å². The number of carbonyl (C=O) groups excluding carboxylic acids is 2. The second kappa shape index (κ2) is 8.92. The van der Waals surface area contributed by atoms with E-state index < -0.39 is 17.7 Å². The number of rotatable bonds is 4. The highest BCUT2D eigenvalue weighted by molar-refractivity contribution is 6.31. The number of anilines is 1. The van der Waals surface area contributed by atoms with Crippen molar-refractivity contribution in [1.29, 1.82) is 0 Å². The van der Waals surface area contributed by atoms with Crippen LogP contribution in [0.2, 0.25) is 5.02 Å². The summed E-state index contributed by atoms with van der Waals surface area (Å²) in [6.07, 6.45) is 2.37. The summed E-state index contributed by atoms with van der Waals surface area (Å²) in [7, 11) is 0. The van der Waals surface area contributed by atoms with Gasteiger partial charge in [-0.2, -0.15) is 0 Å². The fourth-order valence-corrected chi connectivity index (χ4v) is 3.54. The molecule has 1 saturated heterocycles. The summed E-state index contributed by atoms with van der Waals surface area (Å²) in [5.41, 5.74) is 0.443. The van der Waals surface area contributed by atoms with Gasteiger partial charge in [0.15, 0.2) is 0 Å². The molecule has 0 saturated carbocycles. The minimum atomic E-state index is -0.630. The van der Waals surface area contributed by atoms with Crippen LogP contribution in [-0.2, 0) is 16.1 Å². The van der Waals surface area contributed by atoms with Crippen LogP contribution in [0.5, 0.6) is 0 Å². The third-order valence-electron chi connectivity index (χ3n) is 4.73. The van der Waals surface area contributed by atoms with Gasteiger partial charge in [0.25, 0.3) is 5.56 Å². The lowest BCUT2D eigenvalue weighted by molar-refractivity contribution is -0.120. The molecule has 1 N–H and O–H groups in total. The molecular formula is C22H26ClN3O4. The Morgan fingerprint density at radius 1 is 1.20 bits per heavy atom. The third kappa shape index (κ3) is 5.42. The summed E-state index contributed by atoms with van der Waals surface area (Å²) in [6, 6.07) is 9.62. The Morgan fingerprint density at radius 2 is 1.93 bits per heavy atom. The van der Waals surface area contributed by atoms with Crippen molar-refractivity contribution in [3.05, 3.63) is 63.5 Å². The lowest BCUT2D eigenvalue weighted by Gasteiger charge is -2.28. The first kappa shape index (κ1) is 21.9. The van der Waals surface area contributed by atoms with Gasteiger partial charge in [0.2, 0.25) is 5.91 Å². The zero-order valence-corrected chi connectivity index (χ0v) is 18.1. The molecule has 0 radical (unpaired) electrons. The summed E-state index contributed by atoms with van der Waals surface area (Å²) in [5.74, 6) is -0.304. The Bertz CT molecular complexity index is 996. The number of benzene rings is 1. The number of amides is 2. The standard InChI is InChI=1S/C22H26ClN3O4/c1-22(2,3)30-21(29)26-12-6-9-18(26)20(28)24-16-10-11-19(27)25(14-16)13-15-7-4-5-8-17(15)23/h4-5,7-8,10-11,14,18H,6,9,12-13H2,1-3H3,(H,24,28). The lowest BCUT2D eigenvalue weighted by Crippen LogP contribution is -2.45. The van der Waals surface area contributed by atoms with Crippen LogP contribution >= 0.6 is 11.6 Å². The molecule has 1 unspecified atom stereocenters. The molecule has 1 fully saturated rings. The Balaban J connectivity index is 1.73. The number of carbonyl (C=O) groups is 2. The van der Waals surface area contributed by atoms with Crippen molar-refractivity contribution in [1.82, 2.24) is 9.47 Å². The van der Waals surface area contributed by atoms with E-state index in [4.69, 9.17) is 16.3 Å². The maximum atomic E-state index is 12.8. The molecule has 0 bridgehead atoms. The second-order valence-corrected chi connectivity index (χ2v) is 8.70. The molecule has 1 aromatic carbocycles. The molecule has 1 atom stereocenters. The highest BCUT2D eigenvalue weighted by Crippen LogP contribution is 2.22. The van der Waals surface area contributed by atoms with Crippen molar-refractivity contribution < 1.29 is 14.3 Å². The normalized spacial score (nSPS) is 16.4. The molecule has 1 aliphatic heterocycles. The summed E-state index contributed by atoms with van der Waals surface area (Å²) in [4.78, 5) is 39.0. The van der Waals surface area contributed by atoms with E-state index in [1.165, 1.54) is 15.5 Å². The second-order valence-electron chi connectivity index (χ2n) is 8.30. The molecular weight excluding hydrogens is 406 g/mol. The van der Waals surface area contributed by atoms with Crippen LogP contribution in [0.4, 0.5) is 10.5 Å². The fraction of sp³-hybridized carbons (Fsp3) is 0.409. The van der Waals surface area contributed by atoms with Gasteiger partial charge in [0.05, 0.1) is 12.2 Å². The minimum Gasteiger partial charge on any atom is -0.444 e. The lowest BCUT2D eigenvalue weighted by atomic mass is 10.2. The molecule has 2 aromatic rings. The van der Waals surface area contributed by atoms with Crippen molar-refractivity contribution in [2.75, 3.05) is 11.9 Å². The van der Waals surface area contributed by atoms with E-state index in [1.807, 2.05) is 18.2 Å². The molecule has 30 heavy (non-hydrogen) atoms. The first-order valence-electron chi connectivity index (χ1n) is 9.88. The van der Waals surface area contributed by atoms with Crippen LogP contribution in [0.3, 0.4) is 0 Å².